The third-order valence-electron chi connectivity index (χ3n) is 6.84. The van der Waals surface area contributed by atoms with E-state index < -0.39 is 0 Å². The van der Waals surface area contributed by atoms with E-state index in [4.69, 9.17) is 21.3 Å². The predicted octanol–water partition coefficient (Wildman–Crippen LogP) is 5.36. The van der Waals surface area contributed by atoms with Crippen LogP contribution in [0.5, 0.6) is 0 Å². The van der Waals surface area contributed by atoms with Crippen LogP contribution in [0.15, 0.2) is 48.5 Å². The lowest BCUT2D eigenvalue weighted by Gasteiger charge is -2.34. The van der Waals surface area contributed by atoms with Crippen LogP contribution in [0.4, 0.5) is 4.79 Å². The summed E-state index contributed by atoms with van der Waals surface area (Å²) in [7, 11) is 1.96. The Morgan fingerprint density at radius 3 is 2.35 bits per heavy atom. The summed E-state index contributed by atoms with van der Waals surface area (Å²) >= 11 is 6.63. The maximum Gasteiger partial charge on any atom is 0.409 e. The molecule has 1 aliphatic heterocycles. The zero-order valence-electron chi connectivity index (χ0n) is 22.0. The van der Waals surface area contributed by atoms with E-state index in [2.05, 4.69) is 43.4 Å². The van der Waals surface area contributed by atoms with E-state index in [1.54, 1.807) is 21.9 Å². The monoisotopic (exact) mass is 522 g/mol. The molecule has 0 radical (unpaired) electrons. The highest BCUT2D eigenvalue weighted by Crippen LogP contribution is 2.31. The van der Waals surface area contributed by atoms with Gasteiger partial charge in [-0.05, 0) is 37.2 Å². The Morgan fingerprint density at radius 2 is 1.70 bits per heavy atom. The van der Waals surface area contributed by atoms with Crippen LogP contribution in [0.2, 0.25) is 5.02 Å². The molecule has 1 N–H and O–H groups in total. The predicted molar refractivity (Wildman–Crippen MR) is 148 cm³/mol. The molecule has 3 aromatic rings. The van der Waals surface area contributed by atoms with Crippen molar-refractivity contribution in [2.75, 3.05) is 46.4 Å². The van der Waals surface area contributed by atoms with Crippen molar-refractivity contribution in [2.24, 2.45) is 0 Å². The van der Waals surface area contributed by atoms with Crippen molar-refractivity contribution in [3.8, 4) is 11.3 Å². The fourth-order valence-electron chi connectivity index (χ4n) is 4.66. The molecule has 1 aliphatic rings. The van der Waals surface area contributed by atoms with Gasteiger partial charge in [0.2, 0.25) is 0 Å². The van der Waals surface area contributed by atoms with Crippen molar-refractivity contribution < 1.29 is 14.3 Å². The highest BCUT2D eigenvalue weighted by Gasteiger charge is 2.26. The number of hydrogen-bond donors (Lipinski definition) is 1. The number of ether oxygens (including phenoxy) is 1. The van der Waals surface area contributed by atoms with Gasteiger partial charge < -0.3 is 19.9 Å². The van der Waals surface area contributed by atoms with E-state index in [1.807, 2.05) is 26.1 Å². The number of pyridine rings is 1. The fourth-order valence-corrected chi connectivity index (χ4v) is 4.92. The largest absolute Gasteiger partial charge is 0.449 e. The summed E-state index contributed by atoms with van der Waals surface area (Å²) in [6.07, 6.45) is 0.469. The van der Waals surface area contributed by atoms with E-state index >= 15 is 0 Å². The van der Waals surface area contributed by atoms with E-state index in [9.17, 15) is 9.59 Å². The van der Waals surface area contributed by atoms with Crippen LogP contribution in [0, 0.1) is 0 Å². The standard InChI is InChI=1S/C29H35ClN4O3/c1-5-16-37-28(36)34-14-12-33(13-15-34)27(35)21-8-11-23-24(30)18-25(32-26(23)17-21)20-6-9-22(10-7-20)29(2,3)19-31-4/h6-11,17-18,31H,5,12-16,19H2,1-4H3. The minimum absolute atomic E-state index is 0.0122. The van der Waals surface area contributed by atoms with Gasteiger partial charge in [0.15, 0.2) is 0 Å². The molecule has 1 fully saturated rings. The number of hydrogen-bond acceptors (Lipinski definition) is 5. The molecule has 0 saturated carbocycles. The Balaban J connectivity index is 1.52. The maximum atomic E-state index is 13.2. The van der Waals surface area contributed by atoms with Crippen molar-refractivity contribution in [2.45, 2.75) is 32.6 Å². The zero-order chi connectivity index (χ0) is 26.6. The molecule has 0 atom stereocenters. The third kappa shape index (κ3) is 6.05. The highest BCUT2D eigenvalue weighted by molar-refractivity contribution is 6.35. The zero-order valence-corrected chi connectivity index (χ0v) is 22.8. The van der Waals surface area contributed by atoms with Gasteiger partial charge in [0.1, 0.15) is 0 Å². The third-order valence-corrected chi connectivity index (χ3v) is 7.15. The Labute approximate surface area is 223 Å². The molecule has 196 valence electrons. The molecule has 2 amide bonds. The quantitative estimate of drug-likeness (QED) is 0.452. The normalized spacial score (nSPS) is 14.2. The fraction of sp³-hybridized carbons (Fsp3) is 0.414. The maximum absolute atomic E-state index is 13.2. The SMILES string of the molecule is CCCOC(=O)N1CCN(C(=O)c2ccc3c(Cl)cc(-c4ccc(C(C)(C)CNC)cc4)nc3c2)CC1. The Hall–Kier alpha value is -3.16. The van der Waals surface area contributed by atoms with Crippen molar-refractivity contribution in [1.82, 2.24) is 20.1 Å². The van der Waals surface area contributed by atoms with Gasteiger partial charge in [0.25, 0.3) is 5.91 Å². The summed E-state index contributed by atoms with van der Waals surface area (Å²) in [5.41, 5.74) is 4.21. The minimum atomic E-state index is -0.315. The van der Waals surface area contributed by atoms with Gasteiger partial charge in [-0.3, -0.25) is 4.79 Å². The number of carbonyl (C=O) groups excluding carboxylic acids is 2. The van der Waals surface area contributed by atoms with E-state index in [0.717, 1.165) is 29.6 Å². The molecular weight excluding hydrogens is 488 g/mol. The van der Waals surface area contributed by atoms with Crippen molar-refractivity contribution in [3.05, 3.63) is 64.7 Å². The van der Waals surface area contributed by atoms with Gasteiger partial charge in [0, 0.05) is 54.7 Å². The first kappa shape index (κ1) is 26.9. The van der Waals surface area contributed by atoms with Gasteiger partial charge in [-0.15, -0.1) is 0 Å². The average Bonchev–Trinajstić information content (AvgIpc) is 2.91. The Bertz CT molecular complexity index is 1270. The number of halogens is 1. The van der Waals surface area contributed by atoms with Crippen LogP contribution in [-0.2, 0) is 10.2 Å². The van der Waals surface area contributed by atoms with E-state index in [-0.39, 0.29) is 17.4 Å². The van der Waals surface area contributed by atoms with Gasteiger partial charge in [-0.25, -0.2) is 9.78 Å². The number of nitrogens with one attached hydrogen (secondary N) is 1. The molecule has 1 aromatic heterocycles. The average molecular weight is 523 g/mol. The molecular formula is C29H35ClN4O3. The second-order valence-electron chi connectivity index (χ2n) is 10.1. The number of amides is 2. The lowest BCUT2D eigenvalue weighted by atomic mass is 9.84. The number of likely N-dealkylation sites (N-methyl/N-ethyl adjacent to an activating group) is 1. The Kier molecular flexibility index (Phi) is 8.35. The van der Waals surface area contributed by atoms with Crippen molar-refractivity contribution in [1.29, 1.82) is 0 Å². The van der Waals surface area contributed by atoms with Gasteiger partial charge >= 0.3 is 6.09 Å². The number of nitrogens with zero attached hydrogens (tertiary/aromatic N) is 3. The lowest BCUT2D eigenvalue weighted by molar-refractivity contribution is 0.0560. The number of aromatic nitrogens is 1. The first-order valence-corrected chi connectivity index (χ1v) is 13.2. The summed E-state index contributed by atoms with van der Waals surface area (Å²) in [4.78, 5) is 33.6. The summed E-state index contributed by atoms with van der Waals surface area (Å²) < 4.78 is 5.21. The summed E-state index contributed by atoms with van der Waals surface area (Å²) in [6.45, 7) is 9.49. The molecule has 2 aromatic carbocycles. The second kappa shape index (κ2) is 11.5. The first-order valence-electron chi connectivity index (χ1n) is 12.8. The minimum Gasteiger partial charge on any atom is -0.449 e. The summed E-state index contributed by atoms with van der Waals surface area (Å²) in [5.74, 6) is -0.0806. The van der Waals surface area contributed by atoms with Crippen LogP contribution in [-0.4, -0.2) is 73.2 Å². The van der Waals surface area contributed by atoms with Crippen LogP contribution in [0.1, 0.15) is 43.1 Å². The summed E-state index contributed by atoms with van der Waals surface area (Å²) in [6, 6.07) is 15.7. The number of benzene rings is 2. The molecule has 2 heterocycles. The number of piperazine rings is 1. The number of rotatable bonds is 7. The van der Waals surface area contributed by atoms with Gasteiger partial charge in [-0.2, -0.15) is 0 Å². The molecule has 7 nitrogen and oxygen atoms in total. The Morgan fingerprint density at radius 1 is 1.03 bits per heavy atom. The molecule has 0 unspecified atom stereocenters. The smallest absolute Gasteiger partial charge is 0.409 e. The topological polar surface area (TPSA) is 74.8 Å². The second-order valence-corrected chi connectivity index (χ2v) is 10.5. The van der Waals surface area contributed by atoms with Gasteiger partial charge in [-0.1, -0.05) is 62.7 Å². The molecule has 1 saturated heterocycles. The lowest BCUT2D eigenvalue weighted by Crippen LogP contribution is -2.50. The van der Waals surface area contributed by atoms with Crippen LogP contribution in [0.25, 0.3) is 22.2 Å². The van der Waals surface area contributed by atoms with Crippen molar-refractivity contribution >= 4 is 34.5 Å². The van der Waals surface area contributed by atoms with Crippen molar-refractivity contribution in [3.63, 3.8) is 0 Å². The number of carbonyl (C=O) groups is 2. The van der Waals surface area contributed by atoms with Gasteiger partial charge in [0.05, 0.1) is 22.8 Å². The van der Waals surface area contributed by atoms with Crippen LogP contribution < -0.4 is 5.32 Å². The molecule has 37 heavy (non-hydrogen) atoms. The van der Waals surface area contributed by atoms with E-state index in [1.165, 1.54) is 5.56 Å². The van der Waals surface area contributed by atoms with Crippen LogP contribution >= 0.6 is 11.6 Å². The summed E-state index contributed by atoms with van der Waals surface area (Å²) in [5, 5.41) is 4.65. The molecule has 8 heteroatoms. The van der Waals surface area contributed by atoms with Crippen LogP contribution in [0.3, 0.4) is 0 Å². The molecule has 0 aliphatic carbocycles. The molecule has 4 rings (SSSR count). The first-order chi connectivity index (χ1) is 17.7. The molecule has 0 bridgehead atoms. The highest BCUT2D eigenvalue weighted by atomic mass is 35.5. The van der Waals surface area contributed by atoms with E-state index in [0.29, 0.717) is 48.9 Å². The number of fused-ring (bicyclic) bond motifs is 1. The molecule has 0 spiro atoms.